The van der Waals surface area contributed by atoms with Crippen molar-refractivity contribution in [3.63, 3.8) is 0 Å². The zero-order valence-electron chi connectivity index (χ0n) is 14.8. The quantitative estimate of drug-likeness (QED) is 0.732. The van der Waals surface area contributed by atoms with Crippen LogP contribution in [0.2, 0.25) is 0 Å². The number of aryl methyl sites for hydroxylation is 1. The Morgan fingerprint density at radius 3 is 2.48 bits per heavy atom. The average Bonchev–Trinajstić information content (AvgIpc) is 2.99. The highest BCUT2D eigenvalue weighted by atomic mass is 16.3. The summed E-state index contributed by atoms with van der Waals surface area (Å²) in [5.41, 5.74) is 0.0844. The van der Waals surface area contributed by atoms with Gasteiger partial charge in [-0.1, -0.05) is 18.2 Å². The molecule has 0 atom stereocenters. The number of rotatable bonds is 4. The van der Waals surface area contributed by atoms with Crippen molar-refractivity contribution >= 4 is 16.7 Å². The normalized spacial score (nSPS) is 11.2. The van der Waals surface area contributed by atoms with Crippen LogP contribution in [0.5, 0.6) is 0 Å². The van der Waals surface area contributed by atoms with Crippen molar-refractivity contribution in [3.05, 3.63) is 64.0 Å². The van der Waals surface area contributed by atoms with Crippen LogP contribution in [0.15, 0.2) is 45.6 Å². The molecule has 25 heavy (non-hydrogen) atoms. The Kier molecular flexibility index (Phi) is 4.44. The first kappa shape index (κ1) is 17.0. The number of nitrogens with zero attached hydrogens (tertiary/aromatic N) is 3. The molecule has 6 nitrogen and oxygen atoms in total. The molecular weight excluding hydrogens is 318 g/mol. The predicted octanol–water partition coefficient (Wildman–Crippen LogP) is 3.15. The molecule has 130 valence electrons. The van der Waals surface area contributed by atoms with Gasteiger partial charge in [0.05, 0.1) is 18.0 Å². The molecule has 0 saturated heterocycles. The van der Waals surface area contributed by atoms with Crippen LogP contribution in [0.1, 0.15) is 41.9 Å². The number of furan rings is 1. The molecular formula is C19H21N3O3. The molecule has 0 spiro atoms. The number of amides is 1. The Morgan fingerprint density at radius 2 is 1.88 bits per heavy atom. The van der Waals surface area contributed by atoms with E-state index >= 15 is 0 Å². The van der Waals surface area contributed by atoms with E-state index in [-0.39, 0.29) is 23.2 Å². The van der Waals surface area contributed by atoms with E-state index in [1.165, 1.54) is 4.68 Å². The zero-order chi connectivity index (χ0) is 18.1. The van der Waals surface area contributed by atoms with E-state index in [2.05, 4.69) is 5.10 Å². The van der Waals surface area contributed by atoms with Crippen molar-refractivity contribution in [1.82, 2.24) is 14.7 Å². The van der Waals surface area contributed by atoms with Gasteiger partial charge in [-0.25, -0.2) is 4.68 Å². The molecule has 3 aromatic rings. The first-order chi connectivity index (χ1) is 11.9. The molecule has 0 aliphatic carbocycles. The number of hydrogen-bond acceptors (Lipinski definition) is 4. The van der Waals surface area contributed by atoms with Gasteiger partial charge in [-0.3, -0.25) is 9.59 Å². The topological polar surface area (TPSA) is 68.3 Å². The lowest BCUT2D eigenvalue weighted by Gasteiger charge is -2.18. The minimum Gasteiger partial charge on any atom is -0.464 e. The summed E-state index contributed by atoms with van der Waals surface area (Å²) in [6.07, 6.45) is 0. The number of aromatic nitrogens is 2. The molecule has 1 amide bonds. The lowest BCUT2D eigenvalue weighted by atomic mass is 10.1. The summed E-state index contributed by atoms with van der Waals surface area (Å²) >= 11 is 0. The van der Waals surface area contributed by atoms with Crippen molar-refractivity contribution in [3.8, 4) is 0 Å². The van der Waals surface area contributed by atoms with Crippen LogP contribution in [-0.2, 0) is 6.54 Å². The van der Waals surface area contributed by atoms with E-state index in [4.69, 9.17) is 4.42 Å². The second kappa shape index (κ2) is 6.55. The van der Waals surface area contributed by atoms with Gasteiger partial charge >= 0.3 is 0 Å². The summed E-state index contributed by atoms with van der Waals surface area (Å²) in [5, 5.41) is 5.41. The van der Waals surface area contributed by atoms with Gasteiger partial charge in [-0.05, 0) is 39.0 Å². The smallest absolute Gasteiger partial charge is 0.275 e. The van der Waals surface area contributed by atoms with Crippen LogP contribution < -0.4 is 5.56 Å². The Bertz CT molecular complexity index is 985. The van der Waals surface area contributed by atoms with Crippen LogP contribution in [0, 0.1) is 6.92 Å². The summed E-state index contributed by atoms with van der Waals surface area (Å²) < 4.78 is 6.90. The van der Waals surface area contributed by atoms with E-state index in [0.29, 0.717) is 23.1 Å². The molecule has 0 aliphatic heterocycles. The lowest BCUT2D eigenvalue weighted by Crippen LogP contribution is -2.32. The Labute approximate surface area is 145 Å². The second-order valence-electron chi connectivity index (χ2n) is 6.41. The SMILES string of the molecule is Cc1ccc(CN(C)C(=O)c2nn(C(C)C)c(=O)c3ccccc23)o1. The zero-order valence-corrected chi connectivity index (χ0v) is 14.8. The fraction of sp³-hybridized carbons (Fsp3) is 0.316. The highest BCUT2D eigenvalue weighted by Gasteiger charge is 2.21. The third kappa shape index (κ3) is 3.20. The van der Waals surface area contributed by atoms with Gasteiger partial charge in [-0.2, -0.15) is 5.10 Å². The number of fused-ring (bicyclic) bond motifs is 1. The van der Waals surface area contributed by atoms with Crippen molar-refractivity contribution < 1.29 is 9.21 Å². The Morgan fingerprint density at radius 1 is 1.20 bits per heavy atom. The number of carbonyl (C=O) groups is 1. The first-order valence-electron chi connectivity index (χ1n) is 8.21. The summed E-state index contributed by atoms with van der Waals surface area (Å²) in [6, 6.07) is 10.6. The van der Waals surface area contributed by atoms with Crippen molar-refractivity contribution in [2.45, 2.75) is 33.4 Å². The molecule has 0 radical (unpaired) electrons. The van der Waals surface area contributed by atoms with E-state index in [1.807, 2.05) is 32.9 Å². The van der Waals surface area contributed by atoms with E-state index in [0.717, 1.165) is 5.76 Å². The molecule has 2 aromatic heterocycles. The monoisotopic (exact) mass is 339 g/mol. The van der Waals surface area contributed by atoms with Crippen LogP contribution in [0.25, 0.3) is 10.8 Å². The van der Waals surface area contributed by atoms with Gasteiger partial charge in [0.25, 0.3) is 11.5 Å². The minimum atomic E-state index is -0.250. The molecule has 0 saturated carbocycles. The van der Waals surface area contributed by atoms with Gasteiger partial charge < -0.3 is 9.32 Å². The Hall–Kier alpha value is -2.89. The molecule has 3 rings (SSSR count). The van der Waals surface area contributed by atoms with E-state index in [1.54, 1.807) is 36.2 Å². The lowest BCUT2D eigenvalue weighted by molar-refractivity contribution is 0.0768. The molecule has 0 unspecified atom stereocenters. The first-order valence-corrected chi connectivity index (χ1v) is 8.21. The predicted molar refractivity (Wildman–Crippen MR) is 95.6 cm³/mol. The van der Waals surface area contributed by atoms with Gasteiger partial charge in [0, 0.05) is 12.4 Å². The summed E-state index contributed by atoms with van der Waals surface area (Å²) in [4.78, 5) is 27.1. The van der Waals surface area contributed by atoms with Crippen LogP contribution >= 0.6 is 0 Å². The second-order valence-corrected chi connectivity index (χ2v) is 6.41. The fourth-order valence-corrected chi connectivity index (χ4v) is 2.77. The van der Waals surface area contributed by atoms with E-state index in [9.17, 15) is 9.59 Å². The maximum Gasteiger partial charge on any atom is 0.275 e. The minimum absolute atomic E-state index is 0.137. The van der Waals surface area contributed by atoms with Crippen molar-refractivity contribution in [2.75, 3.05) is 7.05 Å². The largest absolute Gasteiger partial charge is 0.464 e. The fourth-order valence-electron chi connectivity index (χ4n) is 2.77. The summed E-state index contributed by atoms with van der Waals surface area (Å²) in [5.74, 6) is 1.25. The Balaban J connectivity index is 2.06. The van der Waals surface area contributed by atoms with Crippen LogP contribution in [-0.4, -0.2) is 27.6 Å². The van der Waals surface area contributed by atoms with Gasteiger partial charge in [-0.15, -0.1) is 0 Å². The standard InChI is InChI=1S/C19H21N3O3/c1-12(2)22-18(23)16-8-6-5-7-15(16)17(20-22)19(24)21(4)11-14-10-9-13(3)25-14/h5-10,12H,11H2,1-4H3. The van der Waals surface area contributed by atoms with Gasteiger partial charge in [0.1, 0.15) is 11.5 Å². The van der Waals surface area contributed by atoms with Crippen molar-refractivity contribution in [1.29, 1.82) is 0 Å². The molecule has 0 N–H and O–H groups in total. The third-order valence-electron chi connectivity index (χ3n) is 4.06. The molecule has 0 fully saturated rings. The summed E-state index contributed by atoms with van der Waals surface area (Å²) in [6.45, 7) is 5.93. The molecule has 6 heteroatoms. The molecule has 0 aliphatic rings. The highest BCUT2D eigenvalue weighted by Crippen LogP contribution is 2.17. The van der Waals surface area contributed by atoms with Gasteiger partial charge in [0.2, 0.25) is 0 Å². The maximum atomic E-state index is 13.0. The molecule has 1 aromatic carbocycles. The van der Waals surface area contributed by atoms with Gasteiger partial charge in [0.15, 0.2) is 5.69 Å². The number of hydrogen-bond donors (Lipinski definition) is 0. The average molecular weight is 339 g/mol. The van der Waals surface area contributed by atoms with Crippen LogP contribution in [0.4, 0.5) is 0 Å². The third-order valence-corrected chi connectivity index (χ3v) is 4.06. The summed E-state index contributed by atoms with van der Waals surface area (Å²) in [7, 11) is 1.70. The molecule has 0 bridgehead atoms. The number of benzene rings is 1. The van der Waals surface area contributed by atoms with Crippen molar-refractivity contribution in [2.24, 2.45) is 0 Å². The van der Waals surface area contributed by atoms with Crippen LogP contribution in [0.3, 0.4) is 0 Å². The van der Waals surface area contributed by atoms with E-state index < -0.39 is 0 Å². The maximum absolute atomic E-state index is 13.0. The molecule has 2 heterocycles. The number of carbonyl (C=O) groups excluding carboxylic acids is 1. The highest BCUT2D eigenvalue weighted by molar-refractivity contribution is 6.04.